The van der Waals surface area contributed by atoms with E-state index in [0.29, 0.717) is 9.23 Å². The van der Waals surface area contributed by atoms with E-state index < -0.39 is 0 Å². The summed E-state index contributed by atoms with van der Waals surface area (Å²) in [6.07, 6.45) is 1.99. The van der Waals surface area contributed by atoms with E-state index in [-0.39, 0.29) is 5.91 Å². The average Bonchev–Trinajstić information content (AvgIpc) is 3.16. The molecule has 2 heterocycles. The SMILES string of the molecule is Cc1c(/C=C2/SC(=S)N(c3cccc4ccccc34)C2=O)c2ccccc2n1C. The maximum absolute atomic E-state index is 13.4. The molecule has 4 aromatic rings. The molecule has 5 heteroatoms. The summed E-state index contributed by atoms with van der Waals surface area (Å²) in [5, 5.41) is 3.25. The fourth-order valence-corrected chi connectivity index (χ4v) is 5.21. The Labute approximate surface area is 178 Å². The summed E-state index contributed by atoms with van der Waals surface area (Å²) < 4.78 is 2.72. The fourth-order valence-electron chi connectivity index (χ4n) is 3.94. The molecule has 3 nitrogen and oxygen atoms in total. The van der Waals surface area contributed by atoms with Crippen molar-refractivity contribution in [3.63, 3.8) is 0 Å². The quantitative estimate of drug-likeness (QED) is 0.295. The Hall–Kier alpha value is -2.89. The lowest BCUT2D eigenvalue weighted by atomic mass is 10.1. The van der Waals surface area contributed by atoms with Gasteiger partial charge in [-0.05, 0) is 30.5 Å². The van der Waals surface area contributed by atoms with E-state index in [0.717, 1.165) is 38.6 Å². The lowest BCUT2D eigenvalue weighted by Crippen LogP contribution is -2.27. The van der Waals surface area contributed by atoms with Crippen molar-refractivity contribution in [3.8, 4) is 0 Å². The number of fused-ring (bicyclic) bond motifs is 2. The van der Waals surface area contributed by atoms with Crippen molar-refractivity contribution in [2.45, 2.75) is 6.92 Å². The number of aromatic nitrogens is 1. The topological polar surface area (TPSA) is 25.2 Å². The highest BCUT2D eigenvalue weighted by molar-refractivity contribution is 8.27. The van der Waals surface area contributed by atoms with Gasteiger partial charge in [0.1, 0.15) is 0 Å². The summed E-state index contributed by atoms with van der Waals surface area (Å²) in [6, 6.07) is 22.3. The third kappa shape index (κ3) is 2.81. The molecule has 1 fully saturated rings. The van der Waals surface area contributed by atoms with Gasteiger partial charge in [0.2, 0.25) is 0 Å². The number of hydrogen-bond donors (Lipinski definition) is 0. The first-order valence-electron chi connectivity index (χ1n) is 9.36. The number of benzene rings is 3. The molecular weight excluding hydrogens is 396 g/mol. The Morgan fingerprint density at radius 2 is 1.62 bits per heavy atom. The van der Waals surface area contributed by atoms with Gasteiger partial charge < -0.3 is 4.57 Å². The summed E-state index contributed by atoms with van der Waals surface area (Å²) in [5.74, 6) is -0.0660. The molecule has 142 valence electrons. The number of anilines is 1. The zero-order valence-corrected chi connectivity index (χ0v) is 17.7. The second kappa shape index (κ2) is 6.87. The Morgan fingerprint density at radius 1 is 0.931 bits per heavy atom. The first-order chi connectivity index (χ1) is 14.1. The first-order valence-corrected chi connectivity index (χ1v) is 10.6. The predicted molar refractivity (Wildman–Crippen MR) is 127 cm³/mol. The number of aryl methyl sites for hydroxylation is 1. The third-order valence-electron chi connectivity index (χ3n) is 5.53. The Bertz CT molecular complexity index is 1340. The molecule has 1 aromatic heterocycles. The van der Waals surface area contributed by atoms with E-state index in [1.165, 1.54) is 11.8 Å². The number of hydrogen-bond acceptors (Lipinski definition) is 3. The summed E-state index contributed by atoms with van der Waals surface area (Å²) in [4.78, 5) is 15.7. The second-order valence-corrected chi connectivity index (χ2v) is 8.77. The number of nitrogens with zero attached hydrogens (tertiary/aromatic N) is 2. The van der Waals surface area contributed by atoms with Crippen LogP contribution in [0.5, 0.6) is 0 Å². The maximum Gasteiger partial charge on any atom is 0.270 e. The van der Waals surface area contributed by atoms with Gasteiger partial charge in [0.25, 0.3) is 5.91 Å². The molecule has 0 saturated carbocycles. The van der Waals surface area contributed by atoms with Crippen molar-refractivity contribution in [3.05, 3.63) is 82.9 Å². The van der Waals surface area contributed by atoms with Crippen LogP contribution in [0.2, 0.25) is 0 Å². The largest absolute Gasteiger partial charge is 0.347 e. The molecule has 5 rings (SSSR count). The average molecular weight is 415 g/mol. The first kappa shape index (κ1) is 18.2. The Balaban J connectivity index is 1.63. The van der Waals surface area contributed by atoms with Crippen LogP contribution in [0.4, 0.5) is 5.69 Å². The van der Waals surface area contributed by atoms with Crippen LogP contribution >= 0.6 is 24.0 Å². The summed E-state index contributed by atoms with van der Waals surface area (Å²) in [5.41, 5.74) is 4.19. The van der Waals surface area contributed by atoms with Crippen LogP contribution in [0, 0.1) is 6.92 Å². The van der Waals surface area contributed by atoms with Crippen LogP contribution in [0.1, 0.15) is 11.3 Å². The van der Waals surface area contributed by atoms with Crippen molar-refractivity contribution in [2.24, 2.45) is 7.05 Å². The minimum atomic E-state index is -0.0660. The summed E-state index contributed by atoms with van der Waals surface area (Å²) in [6.45, 7) is 2.08. The van der Waals surface area contributed by atoms with E-state index in [9.17, 15) is 4.79 Å². The van der Waals surface area contributed by atoms with Crippen LogP contribution in [-0.4, -0.2) is 14.8 Å². The number of thiocarbonyl (C=S) groups is 1. The monoisotopic (exact) mass is 414 g/mol. The molecule has 0 bridgehead atoms. The zero-order chi connectivity index (χ0) is 20.1. The minimum Gasteiger partial charge on any atom is -0.347 e. The number of carbonyl (C=O) groups excluding carboxylic acids is 1. The molecule has 0 aliphatic carbocycles. The number of thioether (sulfide) groups is 1. The van der Waals surface area contributed by atoms with Crippen LogP contribution in [0.25, 0.3) is 27.8 Å². The smallest absolute Gasteiger partial charge is 0.270 e. The van der Waals surface area contributed by atoms with Crippen molar-refractivity contribution in [2.75, 3.05) is 4.90 Å². The summed E-state index contributed by atoms with van der Waals surface area (Å²) >= 11 is 6.98. The molecule has 0 unspecified atom stereocenters. The van der Waals surface area contributed by atoms with Crippen LogP contribution in [0.3, 0.4) is 0 Å². The van der Waals surface area contributed by atoms with Crippen molar-refractivity contribution < 1.29 is 4.79 Å². The molecule has 29 heavy (non-hydrogen) atoms. The minimum absolute atomic E-state index is 0.0660. The van der Waals surface area contributed by atoms with Crippen molar-refractivity contribution >= 4 is 67.6 Å². The Kier molecular flexibility index (Phi) is 4.30. The van der Waals surface area contributed by atoms with Crippen LogP contribution in [0.15, 0.2) is 71.6 Å². The highest BCUT2D eigenvalue weighted by Gasteiger charge is 2.34. The molecule has 0 atom stereocenters. The molecule has 0 spiro atoms. The number of amides is 1. The standard InChI is InChI=1S/C24H18N2OS2/c1-15-19(18-11-5-6-12-20(18)25(15)2)14-22-23(27)26(24(28)29-22)21-13-7-9-16-8-3-4-10-17(16)21/h3-14H,1-2H3/b22-14+. The van der Waals surface area contributed by atoms with Crippen molar-refractivity contribution in [1.82, 2.24) is 4.57 Å². The number of para-hydroxylation sites is 1. The molecule has 1 aliphatic rings. The van der Waals surface area contributed by atoms with Gasteiger partial charge in [-0.25, -0.2) is 0 Å². The predicted octanol–water partition coefficient (Wildman–Crippen LogP) is 6.05. The van der Waals surface area contributed by atoms with Gasteiger partial charge >= 0.3 is 0 Å². The van der Waals surface area contributed by atoms with E-state index >= 15 is 0 Å². The molecule has 1 saturated heterocycles. The fraction of sp³-hybridized carbons (Fsp3) is 0.0833. The zero-order valence-electron chi connectivity index (χ0n) is 16.0. The van der Waals surface area contributed by atoms with E-state index in [1.807, 2.05) is 60.7 Å². The molecule has 0 radical (unpaired) electrons. The highest BCUT2D eigenvalue weighted by atomic mass is 32.2. The molecular formula is C24H18N2OS2. The van der Waals surface area contributed by atoms with E-state index in [1.54, 1.807) is 4.90 Å². The van der Waals surface area contributed by atoms with Gasteiger partial charge in [0.15, 0.2) is 4.32 Å². The van der Waals surface area contributed by atoms with Crippen molar-refractivity contribution in [1.29, 1.82) is 0 Å². The molecule has 1 aliphatic heterocycles. The van der Waals surface area contributed by atoms with Crippen LogP contribution < -0.4 is 4.90 Å². The van der Waals surface area contributed by atoms with E-state index in [2.05, 4.69) is 30.7 Å². The Morgan fingerprint density at radius 3 is 2.45 bits per heavy atom. The molecule has 3 aromatic carbocycles. The van der Waals surface area contributed by atoms with Gasteiger partial charge in [-0.1, -0.05) is 78.6 Å². The van der Waals surface area contributed by atoms with Gasteiger partial charge in [-0.2, -0.15) is 0 Å². The van der Waals surface area contributed by atoms with Crippen LogP contribution in [-0.2, 0) is 11.8 Å². The lowest BCUT2D eigenvalue weighted by Gasteiger charge is -2.17. The number of rotatable bonds is 2. The molecule has 1 amide bonds. The van der Waals surface area contributed by atoms with E-state index in [4.69, 9.17) is 12.2 Å². The maximum atomic E-state index is 13.4. The molecule has 0 N–H and O–H groups in total. The van der Waals surface area contributed by atoms with Gasteiger partial charge in [-0.15, -0.1) is 0 Å². The number of carbonyl (C=O) groups is 1. The van der Waals surface area contributed by atoms with Gasteiger partial charge in [-0.3, -0.25) is 9.69 Å². The normalized spacial score (nSPS) is 15.9. The van der Waals surface area contributed by atoms with Gasteiger partial charge in [0, 0.05) is 34.6 Å². The highest BCUT2D eigenvalue weighted by Crippen LogP contribution is 2.40. The van der Waals surface area contributed by atoms with Gasteiger partial charge in [0.05, 0.1) is 10.6 Å². The third-order valence-corrected chi connectivity index (χ3v) is 6.83. The lowest BCUT2D eigenvalue weighted by molar-refractivity contribution is -0.113. The second-order valence-electron chi connectivity index (χ2n) is 7.09. The summed E-state index contributed by atoms with van der Waals surface area (Å²) in [7, 11) is 2.05.